The van der Waals surface area contributed by atoms with Crippen molar-refractivity contribution in [1.82, 2.24) is 0 Å². The number of thiophene rings is 1. The molecule has 1 unspecified atom stereocenters. The minimum absolute atomic E-state index is 0.0695. The SMILES string of the molecule is Cc1ccsc1C(CN)Oc1cc(C)c(Br)c(C)c1. The summed E-state index contributed by atoms with van der Waals surface area (Å²) in [6, 6.07) is 6.19. The molecule has 1 heterocycles. The summed E-state index contributed by atoms with van der Waals surface area (Å²) in [6.45, 7) is 6.71. The fourth-order valence-electron chi connectivity index (χ4n) is 2.06. The van der Waals surface area contributed by atoms with Crippen LogP contribution in [0.3, 0.4) is 0 Å². The molecule has 0 saturated carbocycles. The lowest BCUT2D eigenvalue weighted by atomic mass is 10.1. The van der Waals surface area contributed by atoms with Crippen molar-refractivity contribution < 1.29 is 4.74 Å². The van der Waals surface area contributed by atoms with Crippen LogP contribution in [-0.4, -0.2) is 6.54 Å². The summed E-state index contributed by atoms with van der Waals surface area (Å²) in [4.78, 5) is 1.21. The van der Waals surface area contributed by atoms with E-state index >= 15 is 0 Å². The number of ether oxygens (including phenoxy) is 1. The molecule has 2 aromatic rings. The van der Waals surface area contributed by atoms with E-state index in [1.54, 1.807) is 11.3 Å². The summed E-state index contributed by atoms with van der Waals surface area (Å²) in [6.07, 6.45) is -0.0695. The van der Waals surface area contributed by atoms with E-state index in [-0.39, 0.29) is 6.10 Å². The highest BCUT2D eigenvalue weighted by molar-refractivity contribution is 9.10. The number of rotatable bonds is 4. The van der Waals surface area contributed by atoms with Crippen LogP contribution in [-0.2, 0) is 0 Å². The van der Waals surface area contributed by atoms with Gasteiger partial charge in [-0.05, 0) is 61.0 Å². The Morgan fingerprint density at radius 3 is 2.32 bits per heavy atom. The van der Waals surface area contributed by atoms with Gasteiger partial charge in [-0.15, -0.1) is 11.3 Å². The fourth-order valence-corrected chi connectivity index (χ4v) is 3.26. The van der Waals surface area contributed by atoms with Crippen molar-refractivity contribution in [2.24, 2.45) is 5.73 Å². The van der Waals surface area contributed by atoms with E-state index < -0.39 is 0 Å². The van der Waals surface area contributed by atoms with Gasteiger partial charge in [0.05, 0.1) is 0 Å². The second-order valence-electron chi connectivity index (χ2n) is 4.68. The van der Waals surface area contributed by atoms with Crippen LogP contribution >= 0.6 is 27.3 Å². The van der Waals surface area contributed by atoms with Crippen molar-refractivity contribution in [2.75, 3.05) is 6.54 Å². The molecule has 4 heteroatoms. The maximum absolute atomic E-state index is 6.07. The van der Waals surface area contributed by atoms with Gasteiger partial charge in [-0.2, -0.15) is 0 Å². The Labute approximate surface area is 126 Å². The number of halogens is 1. The fraction of sp³-hybridized carbons (Fsp3) is 0.333. The van der Waals surface area contributed by atoms with Crippen molar-refractivity contribution >= 4 is 27.3 Å². The Kier molecular flexibility index (Phi) is 4.66. The number of benzene rings is 1. The molecule has 0 amide bonds. The van der Waals surface area contributed by atoms with E-state index in [1.165, 1.54) is 21.6 Å². The van der Waals surface area contributed by atoms with Crippen LogP contribution in [0.4, 0.5) is 0 Å². The van der Waals surface area contributed by atoms with Gasteiger partial charge in [0.15, 0.2) is 0 Å². The normalized spacial score (nSPS) is 12.5. The number of nitrogens with two attached hydrogens (primary N) is 1. The molecule has 0 spiro atoms. The Morgan fingerprint density at radius 2 is 1.84 bits per heavy atom. The molecule has 19 heavy (non-hydrogen) atoms. The highest BCUT2D eigenvalue weighted by Gasteiger charge is 2.16. The molecule has 0 aliphatic carbocycles. The highest BCUT2D eigenvalue weighted by atomic mass is 79.9. The molecule has 0 saturated heterocycles. The van der Waals surface area contributed by atoms with Gasteiger partial charge in [-0.25, -0.2) is 0 Å². The minimum Gasteiger partial charge on any atom is -0.484 e. The quantitative estimate of drug-likeness (QED) is 0.888. The molecule has 0 fully saturated rings. The molecule has 1 aromatic heterocycles. The first-order valence-electron chi connectivity index (χ1n) is 6.20. The van der Waals surface area contributed by atoms with Crippen LogP contribution < -0.4 is 10.5 Å². The third kappa shape index (κ3) is 3.19. The van der Waals surface area contributed by atoms with Crippen LogP contribution in [0.5, 0.6) is 5.75 Å². The molecule has 0 bridgehead atoms. The molecule has 2 N–H and O–H groups in total. The van der Waals surface area contributed by atoms with Crippen LogP contribution in [0.15, 0.2) is 28.1 Å². The number of hydrogen-bond acceptors (Lipinski definition) is 3. The number of aryl methyl sites for hydroxylation is 3. The van der Waals surface area contributed by atoms with Gasteiger partial charge in [-0.1, -0.05) is 15.9 Å². The Hall–Kier alpha value is -0.840. The van der Waals surface area contributed by atoms with Crippen LogP contribution in [0.25, 0.3) is 0 Å². The second kappa shape index (κ2) is 6.07. The molecular weight excluding hydrogens is 322 g/mol. The lowest BCUT2D eigenvalue weighted by molar-refractivity contribution is 0.217. The summed E-state index contributed by atoms with van der Waals surface area (Å²) < 4.78 is 7.21. The maximum Gasteiger partial charge on any atom is 0.145 e. The van der Waals surface area contributed by atoms with Gasteiger partial charge in [0.2, 0.25) is 0 Å². The van der Waals surface area contributed by atoms with Gasteiger partial charge in [-0.3, -0.25) is 0 Å². The molecule has 0 radical (unpaired) electrons. The monoisotopic (exact) mass is 339 g/mol. The molecule has 1 atom stereocenters. The molecule has 0 aliphatic heterocycles. The van der Waals surface area contributed by atoms with Gasteiger partial charge in [0.1, 0.15) is 11.9 Å². The van der Waals surface area contributed by atoms with Gasteiger partial charge < -0.3 is 10.5 Å². The van der Waals surface area contributed by atoms with Gasteiger partial charge in [0, 0.05) is 15.9 Å². The van der Waals surface area contributed by atoms with E-state index in [4.69, 9.17) is 10.5 Å². The average molecular weight is 340 g/mol. The summed E-state index contributed by atoms with van der Waals surface area (Å²) in [5.41, 5.74) is 9.45. The summed E-state index contributed by atoms with van der Waals surface area (Å²) >= 11 is 5.27. The van der Waals surface area contributed by atoms with Gasteiger partial charge >= 0.3 is 0 Å². The van der Waals surface area contributed by atoms with Crippen molar-refractivity contribution in [3.8, 4) is 5.75 Å². The van der Waals surface area contributed by atoms with Crippen molar-refractivity contribution in [2.45, 2.75) is 26.9 Å². The predicted molar refractivity (Wildman–Crippen MR) is 85.1 cm³/mol. The lowest BCUT2D eigenvalue weighted by Gasteiger charge is -2.18. The number of hydrogen-bond donors (Lipinski definition) is 1. The molecule has 1 aromatic carbocycles. The van der Waals surface area contributed by atoms with E-state index in [0.717, 1.165) is 10.2 Å². The Bertz CT molecular complexity index is 556. The first-order chi connectivity index (χ1) is 9.02. The zero-order valence-electron chi connectivity index (χ0n) is 11.4. The van der Waals surface area contributed by atoms with E-state index in [9.17, 15) is 0 Å². The molecule has 2 rings (SSSR count). The molecular formula is C15H18BrNOS. The van der Waals surface area contributed by atoms with E-state index in [2.05, 4.69) is 48.1 Å². The Balaban J connectivity index is 2.27. The van der Waals surface area contributed by atoms with E-state index in [1.807, 2.05) is 12.1 Å². The minimum atomic E-state index is -0.0695. The van der Waals surface area contributed by atoms with Crippen molar-refractivity contribution in [1.29, 1.82) is 0 Å². The topological polar surface area (TPSA) is 35.2 Å². The summed E-state index contributed by atoms with van der Waals surface area (Å²) in [5, 5.41) is 2.08. The first-order valence-corrected chi connectivity index (χ1v) is 7.87. The summed E-state index contributed by atoms with van der Waals surface area (Å²) in [7, 11) is 0. The van der Waals surface area contributed by atoms with E-state index in [0.29, 0.717) is 6.54 Å². The third-order valence-electron chi connectivity index (χ3n) is 3.10. The molecule has 2 nitrogen and oxygen atoms in total. The molecule has 0 aliphatic rings. The zero-order chi connectivity index (χ0) is 14.0. The Morgan fingerprint density at radius 1 is 1.21 bits per heavy atom. The highest BCUT2D eigenvalue weighted by Crippen LogP contribution is 2.31. The van der Waals surface area contributed by atoms with Crippen molar-refractivity contribution in [3.63, 3.8) is 0 Å². The standard InChI is InChI=1S/C15H18BrNOS/c1-9-4-5-19-15(9)13(8-17)18-12-6-10(2)14(16)11(3)7-12/h4-7,13H,8,17H2,1-3H3. The second-order valence-corrected chi connectivity index (χ2v) is 6.42. The average Bonchev–Trinajstić information content (AvgIpc) is 2.79. The van der Waals surface area contributed by atoms with Gasteiger partial charge in [0.25, 0.3) is 0 Å². The van der Waals surface area contributed by atoms with Crippen LogP contribution in [0.1, 0.15) is 27.7 Å². The zero-order valence-corrected chi connectivity index (χ0v) is 13.8. The largest absolute Gasteiger partial charge is 0.484 e. The molecule has 102 valence electrons. The van der Waals surface area contributed by atoms with Crippen LogP contribution in [0, 0.1) is 20.8 Å². The first kappa shape index (κ1) is 14.6. The lowest BCUT2D eigenvalue weighted by Crippen LogP contribution is -2.18. The predicted octanol–water partition coefficient (Wildman–Crippen LogP) is 4.51. The maximum atomic E-state index is 6.07. The summed E-state index contributed by atoms with van der Waals surface area (Å²) in [5.74, 6) is 0.876. The smallest absolute Gasteiger partial charge is 0.145 e. The third-order valence-corrected chi connectivity index (χ3v) is 5.46. The van der Waals surface area contributed by atoms with Crippen molar-refractivity contribution in [3.05, 3.63) is 49.6 Å². The van der Waals surface area contributed by atoms with Crippen LogP contribution in [0.2, 0.25) is 0 Å².